The normalized spacial score (nSPS) is 21.0. The maximum absolute atomic E-state index is 13.3. The van der Waals surface area contributed by atoms with Gasteiger partial charge in [0.1, 0.15) is 11.6 Å². The molecular weight excluding hydrogens is 217 g/mol. The van der Waals surface area contributed by atoms with E-state index in [9.17, 15) is 9.18 Å². The molecule has 1 aliphatic carbocycles. The molecule has 0 saturated heterocycles. The third kappa shape index (κ3) is 1.75. The maximum atomic E-state index is 13.3. The SMILES string of the molecule is O=C1CCCCC1c1c[nH]c2ccc(F)cc12. The second-order valence-corrected chi connectivity index (χ2v) is 4.70. The van der Waals surface area contributed by atoms with Crippen molar-refractivity contribution in [2.24, 2.45) is 0 Å². The zero-order chi connectivity index (χ0) is 11.8. The van der Waals surface area contributed by atoms with E-state index in [0.717, 1.165) is 35.7 Å². The first-order valence-corrected chi connectivity index (χ1v) is 6.05. The number of H-pyrrole nitrogens is 1. The number of aromatic nitrogens is 1. The Labute approximate surface area is 98.8 Å². The van der Waals surface area contributed by atoms with Crippen LogP contribution in [0.4, 0.5) is 4.39 Å². The van der Waals surface area contributed by atoms with Crippen molar-refractivity contribution >= 4 is 16.7 Å². The van der Waals surface area contributed by atoms with Crippen LogP contribution in [0.5, 0.6) is 0 Å². The molecule has 88 valence electrons. The Morgan fingerprint density at radius 3 is 3.00 bits per heavy atom. The predicted octanol–water partition coefficient (Wildman–Crippen LogP) is 3.53. The number of fused-ring (bicyclic) bond motifs is 1. The second kappa shape index (κ2) is 3.99. The first-order chi connectivity index (χ1) is 8.25. The number of carbonyl (C=O) groups excluding carboxylic acids is 1. The smallest absolute Gasteiger partial charge is 0.140 e. The lowest BCUT2D eigenvalue weighted by molar-refractivity contribution is -0.121. The molecule has 1 saturated carbocycles. The van der Waals surface area contributed by atoms with E-state index in [1.807, 2.05) is 6.20 Å². The van der Waals surface area contributed by atoms with Crippen LogP contribution in [0, 0.1) is 5.82 Å². The number of benzene rings is 1. The molecule has 0 aliphatic heterocycles. The van der Waals surface area contributed by atoms with Crippen molar-refractivity contribution < 1.29 is 9.18 Å². The lowest BCUT2D eigenvalue weighted by Gasteiger charge is -2.19. The first kappa shape index (κ1) is 10.5. The monoisotopic (exact) mass is 231 g/mol. The highest BCUT2D eigenvalue weighted by atomic mass is 19.1. The number of ketones is 1. The average molecular weight is 231 g/mol. The molecule has 3 rings (SSSR count). The third-order valence-electron chi connectivity index (χ3n) is 3.61. The third-order valence-corrected chi connectivity index (χ3v) is 3.61. The number of hydrogen-bond donors (Lipinski definition) is 1. The molecule has 2 nitrogen and oxygen atoms in total. The molecule has 0 bridgehead atoms. The molecule has 2 aromatic rings. The molecule has 1 aliphatic rings. The van der Waals surface area contributed by atoms with Crippen LogP contribution >= 0.6 is 0 Å². The van der Waals surface area contributed by atoms with E-state index < -0.39 is 0 Å². The van der Waals surface area contributed by atoms with Crippen LogP contribution in [-0.2, 0) is 4.79 Å². The highest BCUT2D eigenvalue weighted by molar-refractivity contribution is 5.93. The van der Waals surface area contributed by atoms with Gasteiger partial charge in [-0.3, -0.25) is 4.79 Å². The molecule has 0 amide bonds. The van der Waals surface area contributed by atoms with Gasteiger partial charge in [0.15, 0.2) is 0 Å². The molecule has 1 fully saturated rings. The minimum atomic E-state index is -0.249. The Kier molecular flexibility index (Phi) is 2.46. The minimum Gasteiger partial charge on any atom is -0.361 e. The van der Waals surface area contributed by atoms with Crippen molar-refractivity contribution in [1.29, 1.82) is 0 Å². The number of halogens is 1. The summed E-state index contributed by atoms with van der Waals surface area (Å²) in [5.41, 5.74) is 1.86. The summed E-state index contributed by atoms with van der Waals surface area (Å²) in [6.45, 7) is 0. The van der Waals surface area contributed by atoms with Crippen LogP contribution < -0.4 is 0 Å². The summed E-state index contributed by atoms with van der Waals surface area (Å²) >= 11 is 0. The topological polar surface area (TPSA) is 32.9 Å². The zero-order valence-corrected chi connectivity index (χ0v) is 9.50. The molecular formula is C14H14FNO. The van der Waals surface area contributed by atoms with Gasteiger partial charge in [0.05, 0.1) is 0 Å². The Bertz CT molecular complexity index is 573. The maximum Gasteiger partial charge on any atom is 0.140 e. The standard InChI is InChI=1S/C14H14FNO/c15-9-5-6-13-11(7-9)12(8-16-13)10-3-1-2-4-14(10)17/h5-8,10,16H,1-4H2. The van der Waals surface area contributed by atoms with Gasteiger partial charge >= 0.3 is 0 Å². The summed E-state index contributed by atoms with van der Waals surface area (Å²) in [6, 6.07) is 4.68. The molecule has 17 heavy (non-hydrogen) atoms. The second-order valence-electron chi connectivity index (χ2n) is 4.70. The molecule has 1 atom stereocenters. The van der Waals surface area contributed by atoms with Crippen molar-refractivity contribution in [3.63, 3.8) is 0 Å². The van der Waals surface area contributed by atoms with Crippen LogP contribution in [0.2, 0.25) is 0 Å². The van der Waals surface area contributed by atoms with Crippen LogP contribution in [0.25, 0.3) is 10.9 Å². The van der Waals surface area contributed by atoms with Crippen molar-refractivity contribution in [3.05, 3.63) is 35.8 Å². The summed E-state index contributed by atoms with van der Waals surface area (Å²) in [5.74, 6) is 0.00215. The van der Waals surface area contributed by atoms with Crippen LogP contribution in [0.1, 0.15) is 37.2 Å². The summed E-state index contributed by atoms with van der Waals surface area (Å²) in [4.78, 5) is 15.0. The van der Waals surface area contributed by atoms with E-state index in [-0.39, 0.29) is 11.7 Å². The van der Waals surface area contributed by atoms with Gasteiger partial charge in [0, 0.05) is 29.4 Å². The van der Waals surface area contributed by atoms with E-state index in [0.29, 0.717) is 12.2 Å². The van der Waals surface area contributed by atoms with E-state index in [4.69, 9.17) is 0 Å². The Balaban J connectivity index is 2.10. The van der Waals surface area contributed by atoms with Crippen molar-refractivity contribution in [1.82, 2.24) is 4.98 Å². The van der Waals surface area contributed by atoms with Crippen molar-refractivity contribution in [3.8, 4) is 0 Å². The summed E-state index contributed by atoms with van der Waals surface area (Å²) in [6.07, 6.45) is 5.48. The van der Waals surface area contributed by atoms with Gasteiger partial charge in [-0.1, -0.05) is 6.42 Å². The van der Waals surface area contributed by atoms with Gasteiger partial charge in [-0.25, -0.2) is 4.39 Å². The molecule has 0 radical (unpaired) electrons. The number of aromatic amines is 1. The lowest BCUT2D eigenvalue weighted by Crippen LogP contribution is -2.16. The largest absolute Gasteiger partial charge is 0.361 e. The highest BCUT2D eigenvalue weighted by Crippen LogP contribution is 2.34. The summed E-state index contributed by atoms with van der Waals surface area (Å²) in [7, 11) is 0. The number of hydrogen-bond acceptors (Lipinski definition) is 1. The van der Waals surface area contributed by atoms with Gasteiger partial charge in [-0.05, 0) is 36.6 Å². The van der Waals surface area contributed by atoms with Gasteiger partial charge in [0.25, 0.3) is 0 Å². The molecule has 1 N–H and O–H groups in total. The highest BCUT2D eigenvalue weighted by Gasteiger charge is 2.26. The molecule has 1 aromatic carbocycles. The van der Waals surface area contributed by atoms with Crippen molar-refractivity contribution in [2.45, 2.75) is 31.6 Å². The minimum absolute atomic E-state index is 0.0423. The molecule has 1 unspecified atom stereocenters. The Hall–Kier alpha value is -1.64. The fourth-order valence-corrected chi connectivity index (χ4v) is 2.71. The summed E-state index contributed by atoms with van der Waals surface area (Å²) in [5, 5.41) is 0.852. The Morgan fingerprint density at radius 2 is 2.18 bits per heavy atom. The van der Waals surface area contributed by atoms with Crippen molar-refractivity contribution in [2.75, 3.05) is 0 Å². The lowest BCUT2D eigenvalue weighted by atomic mass is 9.83. The van der Waals surface area contributed by atoms with Crippen LogP contribution in [-0.4, -0.2) is 10.8 Å². The van der Waals surface area contributed by atoms with Gasteiger partial charge in [-0.2, -0.15) is 0 Å². The van der Waals surface area contributed by atoms with Gasteiger partial charge in [-0.15, -0.1) is 0 Å². The van der Waals surface area contributed by atoms with Crippen LogP contribution in [0.15, 0.2) is 24.4 Å². The van der Waals surface area contributed by atoms with Crippen LogP contribution in [0.3, 0.4) is 0 Å². The Morgan fingerprint density at radius 1 is 1.29 bits per heavy atom. The quantitative estimate of drug-likeness (QED) is 0.800. The fraction of sp³-hybridized carbons (Fsp3) is 0.357. The molecule has 1 aromatic heterocycles. The summed E-state index contributed by atoms with van der Waals surface area (Å²) < 4.78 is 13.3. The predicted molar refractivity (Wildman–Crippen MR) is 64.5 cm³/mol. The fourth-order valence-electron chi connectivity index (χ4n) is 2.71. The number of carbonyl (C=O) groups is 1. The van der Waals surface area contributed by atoms with Gasteiger partial charge < -0.3 is 4.98 Å². The van der Waals surface area contributed by atoms with E-state index in [1.54, 1.807) is 6.07 Å². The average Bonchev–Trinajstić information content (AvgIpc) is 2.72. The molecule has 3 heteroatoms. The molecule has 1 heterocycles. The number of nitrogens with one attached hydrogen (secondary N) is 1. The van der Waals surface area contributed by atoms with E-state index >= 15 is 0 Å². The van der Waals surface area contributed by atoms with E-state index in [1.165, 1.54) is 12.1 Å². The van der Waals surface area contributed by atoms with E-state index in [2.05, 4.69) is 4.98 Å². The zero-order valence-electron chi connectivity index (χ0n) is 9.50. The first-order valence-electron chi connectivity index (χ1n) is 6.05. The number of rotatable bonds is 1. The molecule has 0 spiro atoms. The number of Topliss-reactive ketones (excluding diaryl/α,β-unsaturated/α-hetero) is 1. The van der Waals surface area contributed by atoms with Gasteiger partial charge in [0.2, 0.25) is 0 Å².